The van der Waals surface area contributed by atoms with Crippen LogP contribution in [0.1, 0.15) is 33.4 Å². The van der Waals surface area contributed by atoms with Crippen LogP contribution in [0.5, 0.6) is 0 Å². The molecule has 0 radical (unpaired) electrons. The zero-order chi connectivity index (χ0) is 25.0. The first-order chi connectivity index (χ1) is 18.2. The van der Waals surface area contributed by atoms with E-state index >= 15 is 0 Å². The third-order valence-corrected chi connectivity index (χ3v) is 8.10. The van der Waals surface area contributed by atoms with Gasteiger partial charge in [-0.3, -0.25) is 0 Å². The lowest BCUT2D eigenvalue weighted by Crippen LogP contribution is -2.28. The van der Waals surface area contributed by atoms with Crippen LogP contribution >= 0.6 is 0 Å². The summed E-state index contributed by atoms with van der Waals surface area (Å²) < 4.78 is 0. The van der Waals surface area contributed by atoms with Crippen LogP contribution in [0.25, 0.3) is 33.0 Å². The molecule has 0 aromatic heterocycles. The number of aryl methyl sites for hydroxylation is 2. The van der Waals surface area contributed by atoms with Gasteiger partial charge in [0.25, 0.3) is 0 Å². The van der Waals surface area contributed by atoms with Crippen LogP contribution in [0.2, 0.25) is 0 Å². The second-order valence-corrected chi connectivity index (χ2v) is 10.3. The van der Waals surface area contributed by atoms with Gasteiger partial charge in [0, 0.05) is 0 Å². The van der Waals surface area contributed by atoms with Crippen LogP contribution in [0.15, 0.2) is 133 Å². The molecule has 0 heterocycles. The van der Waals surface area contributed by atoms with Gasteiger partial charge in [0.05, 0.1) is 5.41 Å². The van der Waals surface area contributed by atoms with E-state index in [1.807, 2.05) is 0 Å². The van der Waals surface area contributed by atoms with E-state index in [2.05, 4.69) is 147 Å². The van der Waals surface area contributed by atoms with Crippen molar-refractivity contribution in [3.63, 3.8) is 0 Å². The molecule has 0 atom stereocenters. The van der Waals surface area contributed by atoms with Gasteiger partial charge in [-0.2, -0.15) is 0 Å². The van der Waals surface area contributed by atoms with Crippen LogP contribution in [0.3, 0.4) is 0 Å². The van der Waals surface area contributed by atoms with Crippen molar-refractivity contribution in [1.82, 2.24) is 0 Å². The van der Waals surface area contributed by atoms with Crippen LogP contribution in [0, 0.1) is 13.8 Å². The Labute approximate surface area is 218 Å². The minimum atomic E-state index is -0.375. The molecule has 0 nitrogen and oxygen atoms in total. The molecule has 0 saturated carbocycles. The molecule has 176 valence electrons. The summed E-state index contributed by atoms with van der Waals surface area (Å²) in [5, 5.41) is 2.54. The number of fused-ring (bicyclic) bond motifs is 4. The van der Waals surface area contributed by atoms with E-state index in [0.29, 0.717) is 0 Å². The number of benzene rings is 6. The average Bonchev–Trinajstić information content (AvgIpc) is 3.25. The summed E-state index contributed by atoms with van der Waals surface area (Å²) in [7, 11) is 0. The second-order valence-electron chi connectivity index (χ2n) is 10.3. The molecule has 0 fully saturated rings. The fraction of sp³-hybridized carbons (Fsp3) is 0.0811. The van der Waals surface area contributed by atoms with Gasteiger partial charge in [-0.1, -0.05) is 139 Å². The van der Waals surface area contributed by atoms with Gasteiger partial charge >= 0.3 is 0 Å². The van der Waals surface area contributed by atoms with Gasteiger partial charge in [0.2, 0.25) is 0 Å². The molecule has 0 saturated heterocycles. The molecule has 6 aromatic rings. The minimum Gasteiger partial charge on any atom is -0.0619 e. The van der Waals surface area contributed by atoms with E-state index in [0.717, 1.165) is 0 Å². The van der Waals surface area contributed by atoms with Gasteiger partial charge in [-0.05, 0) is 75.2 Å². The normalized spacial score (nSPS) is 13.4. The molecular weight excluding hydrogens is 444 g/mol. The molecule has 0 bridgehead atoms. The van der Waals surface area contributed by atoms with E-state index < -0.39 is 0 Å². The van der Waals surface area contributed by atoms with E-state index in [1.54, 1.807) is 0 Å². The monoisotopic (exact) mass is 472 g/mol. The van der Waals surface area contributed by atoms with Crippen LogP contribution in [0.4, 0.5) is 0 Å². The molecule has 1 aliphatic carbocycles. The van der Waals surface area contributed by atoms with E-state index in [4.69, 9.17) is 0 Å². The Morgan fingerprint density at radius 3 is 1.70 bits per heavy atom. The summed E-state index contributed by atoms with van der Waals surface area (Å²) in [6, 6.07) is 49.7. The van der Waals surface area contributed by atoms with E-state index in [9.17, 15) is 0 Å². The largest absolute Gasteiger partial charge is 0.0713 e. The maximum absolute atomic E-state index is 2.35. The molecule has 0 amide bonds. The molecule has 37 heavy (non-hydrogen) atoms. The summed E-state index contributed by atoms with van der Waals surface area (Å²) >= 11 is 0. The predicted molar refractivity (Wildman–Crippen MR) is 156 cm³/mol. The zero-order valence-corrected chi connectivity index (χ0v) is 21.2. The Hall–Kier alpha value is -4.42. The lowest BCUT2D eigenvalue weighted by molar-refractivity contribution is 0.767. The third kappa shape index (κ3) is 3.22. The van der Waals surface area contributed by atoms with Crippen molar-refractivity contribution in [2.45, 2.75) is 19.3 Å². The maximum Gasteiger partial charge on any atom is 0.0713 e. The number of rotatable bonds is 3. The molecule has 7 rings (SSSR count). The molecule has 0 N–H and O–H groups in total. The fourth-order valence-corrected chi connectivity index (χ4v) is 6.32. The first-order valence-electron chi connectivity index (χ1n) is 13.0. The summed E-state index contributed by atoms with van der Waals surface area (Å²) in [6.07, 6.45) is 0. The van der Waals surface area contributed by atoms with E-state index in [1.165, 1.54) is 66.4 Å². The standard InChI is InChI=1S/C37H28/c1-25-14-20-30(21-15-25)37(31-22-16-26(2)17-23-31)34-12-6-5-10-33(34)36-32(11-7-13-35(36)37)29-19-18-27-8-3-4-9-28(27)24-29/h3-24H,1-2H3. The Bertz CT molecular complexity index is 1720. The Morgan fingerprint density at radius 1 is 0.432 bits per heavy atom. The van der Waals surface area contributed by atoms with Crippen molar-refractivity contribution in [3.05, 3.63) is 167 Å². The van der Waals surface area contributed by atoms with Crippen molar-refractivity contribution in [1.29, 1.82) is 0 Å². The topological polar surface area (TPSA) is 0 Å². The highest BCUT2D eigenvalue weighted by Gasteiger charge is 2.46. The lowest BCUT2D eigenvalue weighted by atomic mass is 9.67. The second kappa shape index (κ2) is 8.32. The van der Waals surface area contributed by atoms with Crippen LogP contribution < -0.4 is 0 Å². The molecular formula is C37H28. The Morgan fingerprint density at radius 2 is 1.00 bits per heavy atom. The maximum atomic E-state index is 2.35. The summed E-state index contributed by atoms with van der Waals surface area (Å²) in [4.78, 5) is 0. The summed E-state index contributed by atoms with van der Waals surface area (Å²) in [5.74, 6) is 0. The first-order valence-corrected chi connectivity index (χ1v) is 13.0. The Balaban J connectivity index is 1.59. The van der Waals surface area contributed by atoms with Gasteiger partial charge in [0.1, 0.15) is 0 Å². The van der Waals surface area contributed by atoms with Crippen molar-refractivity contribution in [2.75, 3.05) is 0 Å². The smallest absolute Gasteiger partial charge is 0.0619 e. The molecule has 0 aliphatic heterocycles. The van der Waals surface area contributed by atoms with Gasteiger partial charge in [0.15, 0.2) is 0 Å². The molecule has 1 aliphatic rings. The summed E-state index contributed by atoms with van der Waals surface area (Å²) in [5.41, 5.74) is 12.7. The first kappa shape index (κ1) is 21.8. The number of hydrogen-bond donors (Lipinski definition) is 0. The molecule has 0 spiro atoms. The predicted octanol–water partition coefficient (Wildman–Crippen LogP) is 9.49. The van der Waals surface area contributed by atoms with Crippen molar-refractivity contribution >= 4 is 10.8 Å². The summed E-state index contributed by atoms with van der Waals surface area (Å²) in [6.45, 7) is 4.33. The highest BCUT2D eigenvalue weighted by Crippen LogP contribution is 2.58. The van der Waals surface area contributed by atoms with Crippen LogP contribution in [-0.4, -0.2) is 0 Å². The third-order valence-electron chi connectivity index (χ3n) is 8.10. The SMILES string of the molecule is Cc1ccc(C2(c3ccc(C)cc3)c3ccccc3-c3c(-c4ccc5ccccc5c4)cccc32)cc1. The fourth-order valence-electron chi connectivity index (χ4n) is 6.32. The Kier molecular flexibility index (Phi) is 4.91. The van der Waals surface area contributed by atoms with Gasteiger partial charge < -0.3 is 0 Å². The molecule has 6 aromatic carbocycles. The number of hydrogen-bond acceptors (Lipinski definition) is 0. The quantitative estimate of drug-likeness (QED) is 0.240. The lowest BCUT2D eigenvalue weighted by Gasteiger charge is -2.34. The van der Waals surface area contributed by atoms with Gasteiger partial charge in [-0.25, -0.2) is 0 Å². The highest BCUT2D eigenvalue weighted by molar-refractivity contribution is 5.97. The van der Waals surface area contributed by atoms with E-state index in [-0.39, 0.29) is 5.41 Å². The minimum absolute atomic E-state index is 0.375. The van der Waals surface area contributed by atoms with Crippen molar-refractivity contribution in [3.8, 4) is 22.3 Å². The van der Waals surface area contributed by atoms with Gasteiger partial charge in [-0.15, -0.1) is 0 Å². The van der Waals surface area contributed by atoms with Crippen LogP contribution in [-0.2, 0) is 5.41 Å². The molecule has 0 unspecified atom stereocenters. The molecule has 0 heteroatoms. The van der Waals surface area contributed by atoms with Crippen molar-refractivity contribution < 1.29 is 0 Å². The average molecular weight is 473 g/mol. The highest BCUT2D eigenvalue weighted by atomic mass is 14.5. The van der Waals surface area contributed by atoms with Crippen molar-refractivity contribution in [2.24, 2.45) is 0 Å². The zero-order valence-electron chi connectivity index (χ0n) is 21.2.